The lowest BCUT2D eigenvalue weighted by atomic mass is 9.98. The molecule has 1 saturated heterocycles. The zero-order valence-corrected chi connectivity index (χ0v) is 13.1. The molecular formula is C17H26N2O2. The number of likely N-dealkylation sites (tertiary alicyclic amines) is 1. The maximum atomic E-state index is 12.3. The zero-order valence-electron chi connectivity index (χ0n) is 13.1. The molecule has 0 spiro atoms. The van der Waals surface area contributed by atoms with Crippen molar-refractivity contribution in [3.05, 3.63) is 29.8 Å². The molecule has 1 atom stereocenters. The number of amides is 1. The average Bonchev–Trinajstić information content (AvgIpc) is 2.53. The number of para-hydroxylation sites is 1. The summed E-state index contributed by atoms with van der Waals surface area (Å²) in [6, 6.07) is 7.93. The molecule has 1 aromatic carbocycles. The first-order valence-electron chi connectivity index (χ1n) is 7.87. The Morgan fingerprint density at radius 2 is 2.24 bits per heavy atom. The number of nitrogens with one attached hydrogen (secondary N) is 1. The fraction of sp³-hybridized carbons (Fsp3) is 0.588. The Bertz CT molecular complexity index is 460. The molecule has 1 heterocycles. The maximum absolute atomic E-state index is 12.3. The molecule has 1 N–H and O–H groups in total. The van der Waals surface area contributed by atoms with E-state index in [1.165, 1.54) is 6.42 Å². The van der Waals surface area contributed by atoms with Crippen molar-refractivity contribution in [1.29, 1.82) is 0 Å². The van der Waals surface area contributed by atoms with Gasteiger partial charge in [0.2, 0.25) is 0 Å². The van der Waals surface area contributed by atoms with Gasteiger partial charge < -0.3 is 15.0 Å². The third kappa shape index (κ3) is 4.46. The normalized spacial score (nSPS) is 18.6. The topological polar surface area (TPSA) is 41.6 Å². The van der Waals surface area contributed by atoms with Gasteiger partial charge >= 0.3 is 0 Å². The number of benzene rings is 1. The zero-order chi connectivity index (χ0) is 15.1. The van der Waals surface area contributed by atoms with Gasteiger partial charge in [0.15, 0.2) is 6.61 Å². The van der Waals surface area contributed by atoms with Crippen molar-refractivity contribution in [3.8, 4) is 5.75 Å². The summed E-state index contributed by atoms with van der Waals surface area (Å²) in [4.78, 5) is 14.2. The lowest BCUT2D eigenvalue weighted by molar-refractivity contribution is -0.135. The predicted octanol–water partition coefficient (Wildman–Crippen LogP) is 2.09. The van der Waals surface area contributed by atoms with Gasteiger partial charge in [-0.3, -0.25) is 4.79 Å². The third-order valence-corrected chi connectivity index (χ3v) is 4.07. The van der Waals surface area contributed by atoms with Crippen LogP contribution in [0, 0.1) is 5.92 Å². The van der Waals surface area contributed by atoms with Gasteiger partial charge in [0.25, 0.3) is 5.91 Å². The van der Waals surface area contributed by atoms with Crippen LogP contribution in [0.2, 0.25) is 0 Å². The highest BCUT2D eigenvalue weighted by Gasteiger charge is 2.23. The number of hydrogen-bond donors (Lipinski definition) is 1. The van der Waals surface area contributed by atoms with Crippen LogP contribution in [0.15, 0.2) is 24.3 Å². The van der Waals surface area contributed by atoms with Crippen molar-refractivity contribution in [2.24, 2.45) is 5.92 Å². The summed E-state index contributed by atoms with van der Waals surface area (Å²) in [5.41, 5.74) is 1.15. The monoisotopic (exact) mass is 290 g/mol. The standard InChI is InChI=1S/C17H26N2O2/c1-3-15-8-4-5-9-16(15)21-13-17(20)19-10-6-7-14(12-19)11-18-2/h4-5,8-9,14,18H,3,6-7,10-13H2,1-2H3/t14-/m0/s1. The first kappa shape index (κ1) is 15.8. The number of piperidine rings is 1. The van der Waals surface area contributed by atoms with Gasteiger partial charge in [-0.2, -0.15) is 0 Å². The van der Waals surface area contributed by atoms with Crippen LogP contribution >= 0.6 is 0 Å². The molecule has 0 saturated carbocycles. The van der Waals surface area contributed by atoms with Gasteiger partial charge in [-0.25, -0.2) is 0 Å². The van der Waals surface area contributed by atoms with E-state index in [0.717, 1.165) is 43.8 Å². The highest BCUT2D eigenvalue weighted by molar-refractivity contribution is 5.77. The molecule has 0 aromatic heterocycles. The fourth-order valence-electron chi connectivity index (χ4n) is 2.91. The molecule has 0 unspecified atom stereocenters. The largest absolute Gasteiger partial charge is 0.483 e. The van der Waals surface area contributed by atoms with E-state index in [9.17, 15) is 4.79 Å². The van der Waals surface area contributed by atoms with Gasteiger partial charge in [0.1, 0.15) is 5.75 Å². The Labute approximate surface area is 127 Å². The van der Waals surface area contributed by atoms with E-state index in [1.807, 2.05) is 36.2 Å². The average molecular weight is 290 g/mol. The molecule has 0 radical (unpaired) electrons. The molecule has 21 heavy (non-hydrogen) atoms. The molecule has 2 rings (SSSR count). The summed E-state index contributed by atoms with van der Waals surface area (Å²) in [7, 11) is 1.96. The van der Waals surface area contributed by atoms with Crippen LogP contribution < -0.4 is 10.1 Å². The lowest BCUT2D eigenvalue weighted by Crippen LogP contribution is -2.44. The summed E-state index contributed by atoms with van der Waals surface area (Å²) in [5.74, 6) is 1.49. The van der Waals surface area contributed by atoms with Crippen LogP contribution in [0.4, 0.5) is 0 Å². The van der Waals surface area contributed by atoms with Gasteiger partial charge in [0, 0.05) is 13.1 Å². The lowest BCUT2D eigenvalue weighted by Gasteiger charge is -2.32. The Balaban J connectivity index is 1.86. The van der Waals surface area contributed by atoms with Crippen LogP contribution in [0.1, 0.15) is 25.3 Å². The summed E-state index contributed by atoms with van der Waals surface area (Å²) < 4.78 is 5.73. The molecule has 0 bridgehead atoms. The molecule has 1 amide bonds. The van der Waals surface area contributed by atoms with Crippen LogP contribution in [-0.2, 0) is 11.2 Å². The van der Waals surface area contributed by atoms with Crippen molar-refractivity contribution in [3.63, 3.8) is 0 Å². The molecule has 1 aliphatic rings. The van der Waals surface area contributed by atoms with E-state index in [2.05, 4.69) is 12.2 Å². The molecule has 116 valence electrons. The quantitative estimate of drug-likeness (QED) is 0.872. The number of hydrogen-bond acceptors (Lipinski definition) is 3. The minimum Gasteiger partial charge on any atom is -0.483 e. The predicted molar refractivity (Wildman–Crippen MR) is 84.5 cm³/mol. The first-order valence-corrected chi connectivity index (χ1v) is 7.87. The van der Waals surface area contributed by atoms with Crippen molar-refractivity contribution in [2.75, 3.05) is 33.3 Å². The number of aryl methyl sites for hydroxylation is 1. The number of nitrogens with zero attached hydrogens (tertiary/aromatic N) is 1. The number of carbonyl (C=O) groups excluding carboxylic acids is 1. The van der Waals surface area contributed by atoms with Crippen LogP contribution in [0.5, 0.6) is 5.75 Å². The van der Waals surface area contributed by atoms with Crippen molar-refractivity contribution in [1.82, 2.24) is 10.2 Å². The van der Waals surface area contributed by atoms with E-state index < -0.39 is 0 Å². The third-order valence-electron chi connectivity index (χ3n) is 4.07. The SMILES string of the molecule is CCc1ccccc1OCC(=O)N1CCC[C@@H](CNC)C1. The van der Waals surface area contributed by atoms with E-state index in [-0.39, 0.29) is 12.5 Å². The molecular weight excluding hydrogens is 264 g/mol. The molecule has 0 aliphatic carbocycles. The van der Waals surface area contributed by atoms with Crippen molar-refractivity contribution >= 4 is 5.91 Å². The molecule has 1 aliphatic heterocycles. The second-order valence-electron chi connectivity index (χ2n) is 5.66. The molecule has 1 fully saturated rings. The Kier molecular flexibility index (Phi) is 6.05. The minimum atomic E-state index is 0.0988. The molecule has 4 heteroatoms. The van der Waals surface area contributed by atoms with Gasteiger partial charge in [0.05, 0.1) is 0 Å². The molecule has 4 nitrogen and oxygen atoms in total. The highest BCUT2D eigenvalue weighted by atomic mass is 16.5. The summed E-state index contributed by atoms with van der Waals surface area (Å²) in [5, 5.41) is 3.20. The second kappa shape index (κ2) is 8.03. The van der Waals surface area contributed by atoms with Crippen LogP contribution in [0.25, 0.3) is 0 Å². The Hall–Kier alpha value is -1.55. The maximum Gasteiger partial charge on any atom is 0.260 e. The highest BCUT2D eigenvalue weighted by Crippen LogP contribution is 2.19. The summed E-state index contributed by atoms with van der Waals surface area (Å²) in [6.07, 6.45) is 3.20. The molecule has 1 aromatic rings. The van der Waals surface area contributed by atoms with E-state index in [0.29, 0.717) is 5.92 Å². The minimum absolute atomic E-state index is 0.0988. The Morgan fingerprint density at radius 1 is 1.43 bits per heavy atom. The van der Waals surface area contributed by atoms with Gasteiger partial charge in [-0.15, -0.1) is 0 Å². The summed E-state index contributed by atoms with van der Waals surface area (Å²) >= 11 is 0. The number of rotatable bonds is 6. The number of ether oxygens (including phenoxy) is 1. The van der Waals surface area contributed by atoms with Crippen molar-refractivity contribution in [2.45, 2.75) is 26.2 Å². The van der Waals surface area contributed by atoms with E-state index in [4.69, 9.17) is 4.74 Å². The number of carbonyl (C=O) groups is 1. The van der Waals surface area contributed by atoms with Crippen LogP contribution in [-0.4, -0.2) is 44.1 Å². The van der Waals surface area contributed by atoms with Gasteiger partial charge in [-0.1, -0.05) is 25.1 Å². The van der Waals surface area contributed by atoms with Crippen molar-refractivity contribution < 1.29 is 9.53 Å². The van der Waals surface area contributed by atoms with Crippen LogP contribution in [0.3, 0.4) is 0 Å². The summed E-state index contributed by atoms with van der Waals surface area (Å²) in [6.45, 7) is 4.92. The first-order chi connectivity index (χ1) is 10.2. The van der Waals surface area contributed by atoms with E-state index in [1.54, 1.807) is 0 Å². The van der Waals surface area contributed by atoms with E-state index >= 15 is 0 Å². The second-order valence-corrected chi connectivity index (χ2v) is 5.66. The fourth-order valence-corrected chi connectivity index (χ4v) is 2.91. The smallest absolute Gasteiger partial charge is 0.260 e. The Morgan fingerprint density at radius 3 is 3.00 bits per heavy atom. The van der Waals surface area contributed by atoms with Gasteiger partial charge in [-0.05, 0) is 50.4 Å².